The van der Waals surface area contributed by atoms with Crippen molar-refractivity contribution in [2.24, 2.45) is 0 Å². The van der Waals surface area contributed by atoms with Crippen LogP contribution in [0.25, 0.3) is 17.0 Å². The van der Waals surface area contributed by atoms with E-state index >= 15 is 0 Å². The van der Waals surface area contributed by atoms with Gasteiger partial charge in [0.15, 0.2) is 11.5 Å². The predicted molar refractivity (Wildman–Crippen MR) is 150 cm³/mol. The highest BCUT2D eigenvalue weighted by Gasteiger charge is 2.43. The molecule has 4 aromatic rings. The predicted octanol–water partition coefficient (Wildman–Crippen LogP) is 5.37. The molecule has 2 atom stereocenters. The lowest BCUT2D eigenvalue weighted by molar-refractivity contribution is -0.139. The minimum atomic E-state index is -0.683. The van der Waals surface area contributed by atoms with E-state index in [1.807, 2.05) is 66.7 Å². The van der Waals surface area contributed by atoms with Crippen LogP contribution in [0.1, 0.15) is 48.2 Å². The largest absolute Gasteiger partial charge is 0.454 e. The first-order valence-corrected chi connectivity index (χ1v) is 13.5. The molecule has 2 amide bonds. The Balaban J connectivity index is 1.49. The van der Waals surface area contributed by atoms with Gasteiger partial charge >= 0.3 is 0 Å². The van der Waals surface area contributed by atoms with Crippen LogP contribution in [0, 0.1) is 0 Å². The molecule has 3 heterocycles. The first-order chi connectivity index (χ1) is 19.1. The fraction of sp³-hybridized carbons (Fsp3) is 0.250. The van der Waals surface area contributed by atoms with Crippen molar-refractivity contribution in [1.29, 1.82) is 0 Å². The van der Waals surface area contributed by atoms with Crippen LogP contribution in [0.5, 0.6) is 11.5 Å². The molecule has 1 aromatic heterocycles. The van der Waals surface area contributed by atoms with E-state index in [0.29, 0.717) is 24.5 Å². The third-order valence-corrected chi connectivity index (χ3v) is 7.45. The number of nitrogens with zero attached hydrogens (tertiary/aromatic N) is 1. The summed E-state index contributed by atoms with van der Waals surface area (Å²) in [6, 6.07) is 22.3. The van der Waals surface area contributed by atoms with Crippen molar-refractivity contribution in [2.45, 2.75) is 38.3 Å². The Morgan fingerprint density at radius 3 is 2.67 bits per heavy atom. The number of nitrogens with one attached hydrogen (secondary N) is 2. The molecule has 3 aromatic carbocycles. The van der Waals surface area contributed by atoms with Crippen molar-refractivity contribution in [1.82, 2.24) is 15.2 Å². The highest BCUT2D eigenvalue weighted by atomic mass is 16.7. The summed E-state index contributed by atoms with van der Waals surface area (Å²) < 4.78 is 11.2. The van der Waals surface area contributed by atoms with Gasteiger partial charge in [0, 0.05) is 35.6 Å². The molecule has 2 N–H and O–H groups in total. The van der Waals surface area contributed by atoms with E-state index in [2.05, 4.69) is 23.3 Å². The lowest BCUT2D eigenvalue weighted by Crippen LogP contribution is -2.54. The molecule has 7 heteroatoms. The van der Waals surface area contributed by atoms with Gasteiger partial charge in [-0.1, -0.05) is 67.9 Å². The smallest absolute Gasteiger partial charge is 0.248 e. The van der Waals surface area contributed by atoms with Crippen LogP contribution in [0.15, 0.2) is 78.9 Å². The lowest BCUT2D eigenvalue weighted by Gasteiger charge is -2.41. The topological polar surface area (TPSA) is 83.7 Å². The Kier molecular flexibility index (Phi) is 6.80. The van der Waals surface area contributed by atoms with E-state index in [1.54, 1.807) is 17.1 Å². The number of aromatic amines is 1. The summed E-state index contributed by atoms with van der Waals surface area (Å²) in [4.78, 5) is 33.1. The SMILES string of the molecule is CCCCNC(=O)[C@H]1Cc2c([nH]c3ccccc23)[C@@H](c2ccc3c(c2)OCO3)N1C(=O)C=Cc1ccccc1. The Hall–Kier alpha value is -4.52. The molecule has 0 saturated carbocycles. The number of carbonyl (C=O) groups is 2. The van der Waals surface area contributed by atoms with Gasteiger partial charge in [0.1, 0.15) is 6.04 Å². The zero-order valence-electron chi connectivity index (χ0n) is 21.9. The number of para-hydroxylation sites is 1. The normalized spacial score (nSPS) is 17.9. The molecule has 0 saturated heterocycles. The third kappa shape index (κ3) is 4.76. The molecule has 0 unspecified atom stereocenters. The van der Waals surface area contributed by atoms with Crippen LogP contribution in [-0.4, -0.2) is 41.1 Å². The Bertz CT molecular complexity index is 1540. The number of benzene rings is 3. The number of amides is 2. The number of hydrogen-bond donors (Lipinski definition) is 2. The van der Waals surface area contributed by atoms with Gasteiger partial charge in [-0.3, -0.25) is 9.59 Å². The van der Waals surface area contributed by atoms with E-state index in [0.717, 1.165) is 46.1 Å². The first kappa shape index (κ1) is 24.8. The van der Waals surface area contributed by atoms with Crippen molar-refractivity contribution in [3.05, 3.63) is 101 Å². The average Bonchev–Trinajstić information content (AvgIpc) is 3.59. The van der Waals surface area contributed by atoms with Crippen LogP contribution in [0.3, 0.4) is 0 Å². The number of rotatable bonds is 7. The maximum absolute atomic E-state index is 14.0. The van der Waals surface area contributed by atoms with Crippen molar-refractivity contribution in [2.75, 3.05) is 13.3 Å². The number of ether oxygens (including phenoxy) is 2. The number of fused-ring (bicyclic) bond motifs is 4. The second kappa shape index (κ2) is 10.7. The summed E-state index contributed by atoms with van der Waals surface area (Å²) in [5.74, 6) is 0.919. The zero-order chi connectivity index (χ0) is 26.8. The molecule has 2 aliphatic rings. The highest BCUT2D eigenvalue weighted by Crippen LogP contribution is 2.44. The van der Waals surface area contributed by atoms with E-state index in [9.17, 15) is 9.59 Å². The second-order valence-electron chi connectivity index (χ2n) is 9.93. The van der Waals surface area contributed by atoms with Crippen LogP contribution in [0.4, 0.5) is 0 Å². The summed E-state index contributed by atoms with van der Waals surface area (Å²) in [6.07, 6.45) is 5.63. The fourth-order valence-corrected chi connectivity index (χ4v) is 5.52. The molecule has 39 heavy (non-hydrogen) atoms. The second-order valence-corrected chi connectivity index (χ2v) is 9.93. The van der Waals surface area contributed by atoms with Gasteiger partial charge < -0.3 is 24.7 Å². The Labute approximate surface area is 227 Å². The van der Waals surface area contributed by atoms with Gasteiger partial charge in [0.2, 0.25) is 18.6 Å². The number of hydrogen-bond acceptors (Lipinski definition) is 4. The molecule has 198 valence electrons. The summed E-state index contributed by atoms with van der Waals surface area (Å²) in [5, 5.41) is 4.15. The van der Waals surface area contributed by atoms with Gasteiger partial charge in [-0.2, -0.15) is 0 Å². The Morgan fingerprint density at radius 1 is 1.03 bits per heavy atom. The average molecular weight is 522 g/mol. The summed E-state index contributed by atoms with van der Waals surface area (Å²) in [7, 11) is 0. The number of H-pyrrole nitrogens is 1. The van der Waals surface area contributed by atoms with Crippen LogP contribution in [0.2, 0.25) is 0 Å². The van der Waals surface area contributed by atoms with E-state index in [-0.39, 0.29) is 18.6 Å². The Morgan fingerprint density at radius 2 is 1.82 bits per heavy atom. The molecule has 0 spiro atoms. The first-order valence-electron chi connectivity index (χ1n) is 13.5. The maximum Gasteiger partial charge on any atom is 0.248 e. The molecule has 6 rings (SSSR count). The molecule has 2 aliphatic heterocycles. The highest BCUT2D eigenvalue weighted by molar-refractivity contribution is 5.98. The van der Waals surface area contributed by atoms with Crippen LogP contribution < -0.4 is 14.8 Å². The van der Waals surface area contributed by atoms with E-state index in [4.69, 9.17) is 9.47 Å². The van der Waals surface area contributed by atoms with Gasteiger partial charge in [0.05, 0.1) is 6.04 Å². The summed E-state index contributed by atoms with van der Waals surface area (Å²) >= 11 is 0. The molecular formula is C32H31N3O4. The third-order valence-electron chi connectivity index (χ3n) is 7.45. The zero-order valence-corrected chi connectivity index (χ0v) is 21.9. The molecule has 0 aliphatic carbocycles. The molecule has 0 fully saturated rings. The lowest BCUT2D eigenvalue weighted by atomic mass is 9.87. The van der Waals surface area contributed by atoms with Gasteiger partial charge in [-0.15, -0.1) is 0 Å². The monoisotopic (exact) mass is 521 g/mol. The van der Waals surface area contributed by atoms with Crippen molar-refractivity contribution in [3.63, 3.8) is 0 Å². The van der Waals surface area contributed by atoms with Crippen molar-refractivity contribution in [3.8, 4) is 11.5 Å². The van der Waals surface area contributed by atoms with Gasteiger partial charge in [-0.05, 0) is 47.4 Å². The molecule has 0 radical (unpaired) electrons. The quantitative estimate of drug-likeness (QED) is 0.253. The summed E-state index contributed by atoms with van der Waals surface area (Å²) in [6.45, 7) is 2.82. The maximum atomic E-state index is 14.0. The number of carbonyl (C=O) groups excluding carboxylic acids is 2. The molecule has 0 bridgehead atoms. The van der Waals surface area contributed by atoms with E-state index < -0.39 is 12.1 Å². The molecular weight excluding hydrogens is 490 g/mol. The fourth-order valence-electron chi connectivity index (χ4n) is 5.52. The minimum absolute atomic E-state index is 0.147. The van der Waals surface area contributed by atoms with Crippen LogP contribution >= 0.6 is 0 Å². The summed E-state index contributed by atoms with van der Waals surface area (Å²) in [5.41, 5.74) is 4.71. The van der Waals surface area contributed by atoms with Crippen molar-refractivity contribution < 1.29 is 19.1 Å². The minimum Gasteiger partial charge on any atom is -0.454 e. The van der Waals surface area contributed by atoms with Crippen LogP contribution in [-0.2, 0) is 16.0 Å². The number of unbranched alkanes of at least 4 members (excludes halogenated alkanes) is 1. The van der Waals surface area contributed by atoms with E-state index in [1.165, 1.54) is 0 Å². The standard InChI is InChI=1S/C32H31N3O4/c1-2-3-17-33-32(37)26-19-24-23-11-7-8-12-25(23)34-30(24)31(22-14-15-27-28(18-22)39-20-38-27)35(26)29(36)16-13-21-9-5-4-6-10-21/h4-16,18,26,31,34H,2-3,17,19-20H2,1H3,(H,33,37)/t26-,31-/m1/s1. The molecule has 7 nitrogen and oxygen atoms in total. The van der Waals surface area contributed by atoms with Gasteiger partial charge in [-0.25, -0.2) is 0 Å². The van der Waals surface area contributed by atoms with Crippen molar-refractivity contribution >= 4 is 28.8 Å². The number of aromatic nitrogens is 1. The van der Waals surface area contributed by atoms with Gasteiger partial charge in [0.25, 0.3) is 0 Å².